The molecule has 0 heterocycles. The van der Waals surface area contributed by atoms with Crippen LogP contribution in [0.4, 0.5) is 0 Å². The second-order valence-corrected chi connectivity index (χ2v) is 8.65. The third-order valence-electron chi connectivity index (χ3n) is 7.11. The van der Waals surface area contributed by atoms with Gasteiger partial charge in [-0.2, -0.15) is 0 Å². The Morgan fingerprint density at radius 1 is 0.679 bits per heavy atom. The highest BCUT2D eigenvalue weighted by molar-refractivity contribution is 5.43. The molecule has 0 saturated heterocycles. The van der Waals surface area contributed by atoms with Gasteiger partial charge < -0.3 is 0 Å². The SMILES string of the molecule is CCC(C)C(C)(C)C(CCc1ccccc1)(c1ccccc1)c1ccccc1. The van der Waals surface area contributed by atoms with E-state index in [0.29, 0.717) is 5.92 Å². The van der Waals surface area contributed by atoms with E-state index in [-0.39, 0.29) is 10.8 Å². The summed E-state index contributed by atoms with van der Waals surface area (Å²) in [6.45, 7) is 9.70. The van der Waals surface area contributed by atoms with E-state index in [4.69, 9.17) is 0 Å². The Balaban J connectivity index is 2.19. The molecule has 0 aliphatic carbocycles. The van der Waals surface area contributed by atoms with Gasteiger partial charge >= 0.3 is 0 Å². The average Bonchev–Trinajstić information content (AvgIpc) is 2.75. The molecule has 0 saturated carbocycles. The molecule has 0 nitrogen and oxygen atoms in total. The van der Waals surface area contributed by atoms with Crippen molar-refractivity contribution in [2.45, 2.75) is 52.4 Å². The van der Waals surface area contributed by atoms with Crippen molar-refractivity contribution in [1.29, 1.82) is 0 Å². The van der Waals surface area contributed by atoms with Crippen LogP contribution < -0.4 is 0 Å². The molecule has 0 spiro atoms. The number of aryl methyl sites for hydroxylation is 1. The van der Waals surface area contributed by atoms with Crippen LogP contribution in [-0.4, -0.2) is 0 Å². The monoisotopic (exact) mass is 370 g/mol. The zero-order valence-electron chi connectivity index (χ0n) is 17.9. The Morgan fingerprint density at radius 2 is 1.11 bits per heavy atom. The molecule has 0 aliphatic rings. The lowest BCUT2D eigenvalue weighted by atomic mass is 9.52. The number of hydrogen-bond donors (Lipinski definition) is 0. The van der Waals surface area contributed by atoms with Crippen molar-refractivity contribution in [1.82, 2.24) is 0 Å². The quantitative estimate of drug-likeness (QED) is 0.381. The van der Waals surface area contributed by atoms with Crippen LogP contribution in [0, 0.1) is 11.3 Å². The predicted octanol–water partition coefficient (Wildman–Crippen LogP) is 7.68. The summed E-state index contributed by atoms with van der Waals surface area (Å²) < 4.78 is 0. The van der Waals surface area contributed by atoms with Crippen LogP contribution in [0.3, 0.4) is 0 Å². The summed E-state index contributed by atoms with van der Waals surface area (Å²) in [6.07, 6.45) is 3.35. The summed E-state index contributed by atoms with van der Waals surface area (Å²) >= 11 is 0. The fraction of sp³-hybridized carbons (Fsp3) is 0.357. The first kappa shape index (κ1) is 20.4. The molecule has 0 radical (unpaired) electrons. The Morgan fingerprint density at radius 3 is 1.54 bits per heavy atom. The summed E-state index contributed by atoms with van der Waals surface area (Å²) in [5.74, 6) is 0.601. The van der Waals surface area contributed by atoms with Crippen molar-refractivity contribution in [3.8, 4) is 0 Å². The van der Waals surface area contributed by atoms with Crippen molar-refractivity contribution < 1.29 is 0 Å². The number of hydrogen-bond acceptors (Lipinski definition) is 0. The van der Waals surface area contributed by atoms with Gasteiger partial charge in [0.2, 0.25) is 0 Å². The van der Waals surface area contributed by atoms with Gasteiger partial charge in [-0.05, 0) is 40.9 Å². The minimum Gasteiger partial charge on any atom is -0.0651 e. The Kier molecular flexibility index (Phi) is 6.39. The van der Waals surface area contributed by atoms with E-state index in [0.717, 1.165) is 12.8 Å². The highest BCUT2D eigenvalue weighted by atomic mass is 14.5. The van der Waals surface area contributed by atoms with Crippen LogP contribution in [-0.2, 0) is 11.8 Å². The van der Waals surface area contributed by atoms with Gasteiger partial charge in [0.15, 0.2) is 0 Å². The molecule has 146 valence electrons. The molecular formula is C28H34. The minimum atomic E-state index is -0.0409. The van der Waals surface area contributed by atoms with Crippen molar-refractivity contribution in [2.24, 2.45) is 11.3 Å². The van der Waals surface area contributed by atoms with Gasteiger partial charge in [0.25, 0.3) is 0 Å². The third-order valence-corrected chi connectivity index (χ3v) is 7.11. The molecule has 0 amide bonds. The fourth-order valence-corrected chi connectivity index (χ4v) is 4.87. The van der Waals surface area contributed by atoms with E-state index >= 15 is 0 Å². The molecule has 0 N–H and O–H groups in total. The van der Waals surface area contributed by atoms with Gasteiger partial charge in [0.1, 0.15) is 0 Å². The molecule has 1 unspecified atom stereocenters. The minimum absolute atomic E-state index is 0.0409. The molecule has 0 heteroatoms. The van der Waals surface area contributed by atoms with Gasteiger partial charge in [0.05, 0.1) is 0 Å². The van der Waals surface area contributed by atoms with E-state index < -0.39 is 0 Å². The lowest BCUT2D eigenvalue weighted by molar-refractivity contribution is 0.105. The largest absolute Gasteiger partial charge is 0.0651 e. The smallest absolute Gasteiger partial charge is 0.0259 e. The molecule has 3 rings (SSSR count). The van der Waals surface area contributed by atoms with Crippen LogP contribution in [0.2, 0.25) is 0 Å². The molecule has 3 aromatic carbocycles. The lowest BCUT2D eigenvalue weighted by Gasteiger charge is -2.51. The van der Waals surface area contributed by atoms with E-state index in [9.17, 15) is 0 Å². The highest BCUT2D eigenvalue weighted by Gasteiger charge is 2.49. The van der Waals surface area contributed by atoms with E-state index in [1.807, 2.05) is 0 Å². The molecule has 1 atom stereocenters. The zero-order valence-corrected chi connectivity index (χ0v) is 17.9. The topological polar surface area (TPSA) is 0 Å². The summed E-state index contributed by atoms with van der Waals surface area (Å²) in [6, 6.07) is 33.3. The molecular weight excluding hydrogens is 336 g/mol. The summed E-state index contributed by atoms with van der Waals surface area (Å²) in [5, 5.41) is 0. The van der Waals surface area contributed by atoms with Crippen molar-refractivity contribution in [3.63, 3.8) is 0 Å². The Labute approximate surface area is 171 Å². The van der Waals surface area contributed by atoms with Gasteiger partial charge in [-0.3, -0.25) is 0 Å². The Bertz CT molecular complexity index is 791. The number of rotatable bonds is 8. The van der Waals surface area contributed by atoms with Gasteiger partial charge in [-0.25, -0.2) is 0 Å². The standard InChI is InChI=1S/C28H34/c1-5-23(2)27(3,4)28(25-17-11-7-12-18-25,26-19-13-8-14-20-26)22-21-24-15-9-6-10-16-24/h6-20,23H,5,21-22H2,1-4H3. The first-order valence-corrected chi connectivity index (χ1v) is 10.7. The molecule has 0 aromatic heterocycles. The summed E-state index contributed by atoms with van der Waals surface area (Å²) in [5.41, 5.74) is 4.35. The van der Waals surface area contributed by atoms with Crippen LogP contribution >= 0.6 is 0 Å². The van der Waals surface area contributed by atoms with Crippen molar-refractivity contribution in [3.05, 3.63) is 108 Å². The summed E-state index contributed by atoms with van der Waals surface area (Å²) in [7, 11) is 0. The van der Waals surface area contributed by atoms with E-state index in [1.165, 1.54) is 23.1 Å². The third kappa shape index (κ3) is 3.78. The lowest BCUT2D eigenvalue weighted by Crippen LogP contribution is -2.47. The van der Waals surface area contributed by atoms with Crippen molar-refractivity contribution >= 4 is 0 Å². The van der Waals surface area contributed by atoms with Gasteiger partial charge in [0, 0.05) is 5.41 Å². The van der Waals surface area contributed by atoms with Gasteiger partial charge in [-0.1, -0.05) is 125 Å². The van der Waals surface area contributed by atoms with Gasteiger partial charge in [-0.15, -0.1) is 0 Å². The van der Waals surface area contributed by atoms with Crippen LogP contribution in [0.5, 0.6) is 0 Å². The average molecular weight is 371 g/mol. The first-order chi connectivity index (χ1) is 13.5. The van der Waals surface area contributed by atoms with Crippen LogP contribution in [0.25, 0.3) is 0 Å². The van der Waals surface area contributed by atoms with Crippen LogP contribution in [0.15, 0.2) is 91.0 Å². The highest BCUT2D eigenvalue weighted by Crippen LogP contribution is 2.54. The maximum Gasteiger partial charge on any atom is 0.0259 e. The second-order valence-electron chi connectivity index (χ2n) is 8.65. The Hall–Kier alpha value is -2.34. The zero-order chi connectivity index (χ0) is 20.0. The molecule has 3 aromatic rings. The number of benzene rings is 3. The molecule has 0 bridgehead atoms. The fourth-order valence-electron chi connectivity index (χ4n) is 4.87. The molecule has 28 heavy (non-hydrogen) atoms. The molecule has 0 aliphatic heterocycles. The summed E-state index contributed by atoms with van der Waals surface area (Å²) in [4.78, 5) is 0. The van der Waals surface area contributed by atoms with Crippen LogP contribution in [0.1, 0.15) is 57.2 Å². The van der Waals surface area contributed by atoms with E-state index in [1.54, 1.807) is 0 Å². The molecule has 0 fully saturated rings. The van der Waals surface area contributed by atoms with E-state index in [2.05, 4.69) is 119 Å². The second kappa shape index (κ2) is 8.78. The predicted molar refractivity (Wildman–Crippen MR) is 122 cm³/mol. The maximum absolute atomic E-state index is 2.48. The van der Waals surface area contributed by atoms with Crippen molar-refractivity contribution in [2.75, 3.05) is 0 Å². The first-order valence-electron chi connectivity index (χ1n) is 10.7. The maximum atomic E-state index is 2.48. The normalized spacial score (nSPS) is 13.3.